The van der Waals surface area contributed by atoms with Gasteiger partial charge in [-0.3, -0.25) is 4.79 Å². The molecule has 0 spiro atoms. The van der Waals surface area contributed by atoms with Gasteiger partial charge in [-0.15, -0.1) is 23.7 Å². The van der Waals surface area contributed by atoms with Gasteiger partial charge in [0.25, 0.3) is 5.91 Å². The van der Waals surface area contributed by atoms with Crippen molar-refractivity contribution in [2.24, 2.45) is 11.7 Å². The topological polar surface area (TPSA) is 64.3 Å². The number of fused-ring (bicyclic) bond motifs is 1. The molecule has 1 amide bonds. The van der Waals surface area contributed by atoms with Crippen LogP contribution in [0.1, 0.15) is 40.9 Å². The van der Waals surface area contributed by atoms with E-state index in [9.17, 15) is 4.79 Å². The SMILES string of the molecule is CC(C)C(C)(CN)NC(=O)c1cc2c(s1)CCOC2.Cl. The van der Waals surface area contributed by atoms with Gasteiger partial charge in [-0.2, -0.15) is 0 Å². The number of carbonyl (C=O) groups is 1. The molecule has 6 heteroatoms. The van der Waals surface area contributed by atoms with E-state index in [0.717, 1.165) is 23.5 Å². The molecule has 2 rings (SSSR count). The number of ether oxygens (including phenoxy) is 1. The smallest absolute Gasteiger partial charge is 0.261 e. The van der Waals surface area contributed by atoms with E-state index < -0.39 is 0 Å². The van der Waals surface area contributed by atoms with Crippen LogP contribution in [0.25, 0.3) is 0 Å². The summed E-state index contributed by atoms with van der Waals surface area (Å²) in [5.74, 6) is 0.264. The second-order valence-electron chi connectivity index (χ2n) is 5.59. The van der Waals surface area contributed by atoms with Crippen LogP contribution in [0, 0.1) is 5.92 Å². The van der Waals surface area contributed by atoms with E-state index in [-0.39, 0.29) is 23.9 Å². The lowest BCUT2D eigenvalue weighted by Gasteiger charge is -2.33. The van der Waals surface area contributed by atoms with Crippen LogP contribution in [-0.2, 0) is 17.8 Å². The van der Waals surface area contributed by atoms with Crippen molar-refractivity contribution in [2.75, 3.05) is 13.2 Å². The third-order valence-corrected chi connectivity index (χ3v) is 5.18. The molecule has 1 unspecified atom stereocenters. The maximum atomic E-state index is 12.3. The van der Waals surface area contributed by atoms with Gasteiger partial charge in [0.2, 0.25) is 0 Å². The lowest BCUT2D eigenvalue weighted by molar-refractivity contribution is 0.0887. The van der Waals surface area contributed by atoms with Gasteiger partial charge in [0.05, 0.1) is 23.6 Å². The van der Waals surface area contributed by atoms with Crippen molar-refractivity contribution in [2.45, 2.75) is 39.3 Å². The van der Waals surface area contributed by atoms with Crippen LogP contribution in [0.3, 0.4) is 0 Å². The molecule has 1 atom stereocenters. The second kappa shape index (κ2) is 6.89. The number of nitrogens with two attached hydrogens (primary N) is 1. The summed E-state index contributed by atoms with van der Waals surface area (Å²) in [5, 5.41) is 3.07. The molecule has 1 aliphatic rings. The first-order valence-electron chi connectivity index (χ1n) is 6.68. The van der Waals surface area contributed by atoms with Crippen LogP contribution in [-0.4, -0.2) is 24.6 Å². The fraction of sp³-hybridized carbons (Fsp3) is 0.643. The minimum absolute atomic E-state index is 0. The Bertz CT molecular complexity index is 452. The van der Waals surface area contributed by atoms with Gasteiger partial charge in [0.15, 0.2) is 0 Å². The van der Waals surface area contributed by atoms with Crippen LogP contribution >= 0.6 is 23.7 Å². The van der Waals surface area contributed by atoms with E-state index in [2.05, 4.69) is 19.2 Å². The minimum atomic E-state index is -0.363. The van der Waals surface area contributed by atoms with Gasteiger partial charge in [-0.1, -0.05) is 13.8 Å². The summed E-state index contributed by atoms with van der Waals surface area (Å²) in [6, 6.07) is 1.95. The Morgan fingerprint density at radius 2 is 2.30 bits per heavy atom. The van der Waals surface area contributed by atoms with Gasteiger partial charge in [-0.05, 0) is 24.5 Å². The van der Waals surface area contributed by atoms with Crippen molar-refractivity contribution >= 4 is 29.7 Å². The first-order valence-corrected chi connectivity index (χ1v) is 7.50. The van der Waals surface area contributed by atoms with Crippen molar-refractivity contribution in [1.29, 1.82) is 0 Å². The van der Waals surface area contributed by atoms with Crippen molar-refractivity contribution in [3.63, 3.8) is 0 Å². The van der Waals surface area contributed by atoms with Gasteiger partial charge >= 0.3 is 0 Å². The summed E-state index contributed by atoms with van der Waals surface area (Å²) in [4.78, 5) is 14.4. The molecule has 4 nitrogen and oxygen atoms in total. The monoisotopic (exact) mass is 318 g/mol. The maximum Gasteiger partial charge on any atom is 0.261 e. The number of hydrogen-bond acceptors (Lipinski definition) is 4. The molecular weight excluding hydrogens is 296 g/mol. The van der Waals surface area contributed by atoms with Crippen molar-refractivity contribution in [3.05, 3.63) is 21.4 Å². The molecule has 0 saturated heterocycles. The van der Waals surface area contributed by atoms with Gasteiger partial charge in [-0.25, -0.2) is 0 Å². The molecule has 1 aliphatic heterocycles. The molecular formula is C14H23ClN2O2S. The Hall–Kier alpha value is -0.620. The van der Waals surface area contributed by atoms with E-state index in [1.165, 1.54) is 4.88 Å². The van der Waals surface area contributed by atoms with Crippen LogP contribution in [0.5, 0.6) is 0 Å². The quantitative estimate of drug-likeness (QED) is 0.895. The first kappa shape index (κ1) is 17.4. The number of rotatable bonds is 4. The predicted molar refractivity (Wildman–Crippen MR) is 84.7 cm³/mol. The number of hydrogen-bond donors (Lipinski definition) is 2. The molecule has 0 fully saturated rings. The normalized spacial score (nSPS) is 17.1. The van der Waals surface area contributed by atoms with E-state index >= 15 is 0 Å². The first-order chi connectivity index (χ1) is 8.96. The Balaban J connectivity index is 0.00000200. The molecule has 0 bridgehead atoms. The lowest BCUT2D eigenvalue weighted by Crippen LogP contribution is -2.54. The number of halogens is 1. The largest absolute Gasteiger partial charge is 0.376 e. The molecule has 0 radical (unpaired) electrons. The van der Waals surface area contributed by atoms with Gasteiger partial charge in [0.1, 0.15) is 0 Å². The zero-order valence-corrected chi connectivity index (χ0v) is 13.8. The van der Waals surface area contributed by atoms with E-state index in [1.54, 1.807) is 11.3 Å². The Morgan fingerprint density at radius 3 is 2.85 bits per heavy atom. The second-order valence-corrected chi connectivity index (χ2v) is 6.73. The third kappa shape index (κ3) is 3.52. The molecule has 0 aliphatic carbocycles. The molecule has 2 heterocycles. The Morgan fingerprint density at radius 1 is 1.60 bits per heavy atom. The van der Waals surface area contributed by atoms with Gasteiger partial charge < -0.3 is 15.8 Å². The van der Waals surface area contributed by atoms with E-state index in [1.807, 2.05) is 13.0 Å². The van der Waals surface area contributed by atoms with Crippen LogP contribution < -0.4 is 11.1 Å². The number of carbonyl (C=O) groups excluding carboxylic acids is 1. The summed E-state index contributed by atoms with van der Waals surface area (Å²) in [5.41, 5.74) is 6.59. The highest BCUT2D eigenvalue weighted by Gasteiger charge is 2.30. The molecule has 20 heavy (non-hydrogen) atoms. The number of thiophene rings is 1. The zero-order chi connectivity index (χ0) is 14.0. The summed E-state index contributed by atoms with van der Waals surface area (Å²) in [7, 11) is 0. The molecule has 3 N–H and O–H groups in total. The fourth-order valence-corrected chi connectivity index (χ4v) is 3.06. The summed E-state index contributed by atoms with van der Waals surface area (Å²) in [6.07, 6.45) is 0.908. The molecule has 0 saturated carbocycles. The maximum absolute atomic E-state index is 12.3. The zero-order valence-electron chi connectivity index (χ0n) is 12.2. The van der Waals surface area contributed by atoms with E-state index in [0.29, 0.717) is 19.1 Å². The lowest BCUT2D eigenvalue weighted by atomic mass is 9.88. The third-order valence-electron chi connectivity index (χ3n) is 3.95. The Labute approximate surface area is 130 Å². The molecule has 1 aromatic rings. The van der Waals surface area contributed by atoms with Crippen molar-refractivity contribution in [1.82, 2.24) is 5.32 Å². The highest BCUT2D eigenvalue weighted by molar-refractivity contribution is 7.14. The summed E-state index contributed by atoms with van der Waals surface area (Å²) >= 11 is 1.57. The van der Waals surface area contributed by atoms with Crippen molar-refractivity contribution in [3.8, 4) is 0 Å². The van der Waals surface area contributed by atoms with Crippen LogP contribution in [0.4, 0.5) is 0 Å². The highest BCUT2D eigenvalue weighted by atomic mass is 35.5. The number of amides is 1. The standard InChI is InChI=1S/C14H22N2O2S.ClH/c1-9(2)14(3,8-15)16-13(17)12-6-10-7-18-5-4-11(10)19-12;/h6,9H,4-5,7-8,15H2,1-3H3,(H,16,17);1H. The summed E-state index contributed by atoms with van der Waals surface area (Å²) in [6.45, 7) is 7.94. The average Bonchev–Trinajstić information content (AvgIpc) is 2.82. The predicted octanol–water partition coefficient (Wildman–Crippen LogP) is 2.35. The molecule has 114 valence electrons. The number of nitrogens with one attached hydrogen (secondary N) is 1. The van der Waals surface area contributed by atoms with E-state index in [4.69, 9.17) is 10.5 Å². The molecule has 0 aromatic carbocycles. The highest BCUT2D eigenvalue weighted by Crippen LogP contribution is 2.27. The fourth-order valence-electron chi connectivity index (χ4n) is 2.01. The van der Waals surface area contributed by atoms with Crippen LogP contribution in [0.2, 0.25) is 0 Å². The Kier molecular flexibility index (Phi) is 6.01. The van der Waals surface area contributed by atoms with Gasteiger partial charge in [0, 0.05) is 17.8 Å². The van der Waals surface area contributed by atoms with Crippen molar-refractivity contribution < 1.29 is 9.53 Å². The molecule has 1 aromatic heterocycles. The average molecular weight is 319 g/mol. The minimum Gasteiger partial charge on any atom is -0.376 e. The summed E-state index contributed by atoms with van der Waals surface area (Å²) < 4.78 is 5.40. The van der Waals surface area contributed by atoms with Crippen LogP contribution in [0.15, 0.2) is 6.07 Å².